The van der Waals surface area contributed by atoms with Crippen LogP contribution in [0.5, 0.6) is 0 Å². The molecular formula is C21H31BFNO3. The van der Waals surface area contributed by atoms with Crippen molar-refractivity contribution in [2.45, 2.75) is 71.3 Å². The Balaban J connectivity index is 1.73. The lowest BCUT2D eigenvalue weighted by Gasteiger charge is -2.41. The molecule has 1 N–H and O–H groups in total. The topological polar surface area (TPSA) is 47.6 Å². The van der Waals surface area contributed by atoms with E-state index >= 15 is 0 Å². The smallest absolute Gasteiger partial charge is 0.330 e. The summed E-state index contributed by atoms with van der Waals surface area (Å²) in [5.74, 6) is -0.592. The monoisotopic (exact) mass is 375 g/mol. The van der Waals surface area contributed by atoms with E-state index in [1.807, 2.05) is 0 Å². The second-order valence-electron chi connectivity index (χ2n) is 8.99. The summed E-state index contributed by atoms with van der Waals surface area (Å²) < 4.78 is 26.5. The van der Waals surface area contributed by atoms with Crippen LogP contribution in [0.25, 0.3) is 0 Å². The molecule has 2 fully saturated rings. The molecule has 4 nitrogen and oxygen atoms in total. The lowest BCUT2D eigenvalue weighted by Crippen LogP contribution is -2.47. The fourth-order valence-electron chi connectivity index (χ4n) is 3.86. The van der Waals surface area contributed by atoms with Crippen LogP contribution in [0.2, 0.25) is 6.32 Å². The van der Waals surface area contributed by atoms with E-state index in [9.17, 15) is 9.18 Å². The van der Waals surface area contributed by atoms with Crippen molar-refractivity contribution in [2.75, 3.05) is 13.2 Å². The fourth-order valence-corrected chi connectivity index (χ4v) is 3.86. The Morgan fingerprint density at radius 3 is 2.59 bits per heavy atom. The molecular weight excluding hydrogens is 344 g/mol. The van der Waals surface area contributed by atoms with Gasteiger partial charge in [0.05, 0.1) is 5.60 Å². The van der Waals surface area contributed by atoms with Crippen molar-refractivity contribution >= 4 is 18.3 Å². The molecule has 0 spiro atoms. The van der Waals surface area contributed by atoms with Crippen LogP contribution in [0.3, 0.4) is 0 Å². The second kappa shape index (κ2) is 7.92. The summed E-state index contributed by atoms with van der Waals surface area (Å²) in [6.07, 6.45) is 4.42. The largest absolute Gasteiger partial charge is 0.425 e. The van der Waals surface area contributed by atoms with Gasteiger partial charge in [0.15, 0.2) is 0 Å². The van der Waals surface area contributed by atoms with Crippen LogP contribution in [0.4, 0.5) is 4.39 Å². The number of halogens is 1. The summed E-state index contributed by atoms with van der Waals surface area (Å²) in [6, 6.07) is 4.87. The minimum atomic E-state index is -0.366. The molecule has 0 saturated carbocycles. The van der Waals surface area contributed by atoms with Gasteiger partial charge in [0.25, 0.3) is 5.91 Å². The zero-order chi connectivity index (χ0) is 19.7. The fraction of sp³-hybridized carbons (Fsp3) is 0.667. The number of rotatable bonds is 3. The number of benzene rings is 1. The van der Waals surface area contributed by atoms with Crippen molar-refractivity contribution in [1.29, 1.82) is 0 Å². The number of amides is 1. The highest BCUT2D eigenvalue weighted by molar-refractivity contribution is 6.67. The van der Waals surface area contributed by atoms with Gasteiger partial charge in [-0.2, -0.15) is 0 Å². The molecule has 0 aliphatic carbocycles. The van der Waals surface area contributed by atoms with Gasteiger partial charge in [-0.1, -0.05) is 26.3 Å². The maximum Gasteiger partial charge on any atom is 0.330 e. The first-order valence-corrected chi connectivity index (χ1v) is 10.1. The van der Waals surface area contributed by atoms with Crippen LogP contribution < -0.4 is 10.8 Å². The van der Waals surface area contributed by atoms with Crippen molar-refractivity contribution in [2.24, 2.45) is 5.41 Å². The molecule has 2 saturated heterocycles. The molecule has 0 atom stereocenters. The summed E-state index contributed by atoms with van der Waals surface area (Å²) >= 11 is 0. The third-order valence-electron chi connectivity index (χ3n) is 6.50. The molecule has 1 amide bonds. The van der Waals surface area contributed by atoms with Crippen molar-refractivity contribution in [3.05, 3.63) is 29.6 Å². The maximum atomic E-state index is 14.9. The average molecular weight is 375 g/mol. The lowest BCUT2D eigenvalue weighted by atomic mass is 9.57. The van der Waals surface area contributed by atoms with Crippen LogP contribution in [-0.4, -0.2) is 37.7 Å². The predicted octanol–water partition coefficient (Wildman–Crippen LogP) is 3.55. The van der Waals surface area contributed by atoms with E-state index in [1.54, 1.807) is 12.1 Å². The number of hydrogen-bond donors (Lipinski definition) is 1. The third-order valence-corrected chi connectivity index (χ3v) is 6.50. The highest BCUT2D eigenvalue weighted by Crippen LogP contribution is 2.41. The summed E-state index contributed by atoms with van der Waals surface area (Å²) in [6.45, 7) is 9.60. The molecule has 0 aromatic heterocycles. The molecule has 6 heteroatoms. The Kier molecular flexibility index (Phi) is 5.97. The van der Waals surface area contributed by atoms with E-state index < -0.39 is 0 Å². The second-order valence-corrected chi connectivity index (χ2v) is 8.99. The Labute approximate surface area is 162 Å². The quantitative estimate of drug-likeness (QED) is 0.822. The molecule has 0 unspecified atom stereocenters. The normalized spacial score (nSPS) is 22.9. The van der Waals surface area contributed by atoms with Gasteiger partial charge in [0.1, 0.15) is 5.82 Å². The standard InChI is InChI=1S/C21H31BFNO3/c1-20(2)10-5-11-22(27-21(20,3)4)17-7-6-15(14-18(17)23)19(25)24-16-8-12-26-13-9-16/h6-7,14,16H,5,8-13H2,1-4H3,(H,24,25). The minimum Gasteiger partial charge on any atom is -0.425 e. The van der Waals surface area contributed by atoms with E-state index in [2.05, 4.69) is 33.0 Å². The van der Waals surface area contributed by atoms with Gasteiger partial charge in [0.2, 0.25) is 0 Å². The van der Waals surface area contributed by atoms with Gasteiger partial charge >= 0.3 is 6.92 Å². The summed E-state index contributed by atoms with van der Waals surface area (Å²) in [5.41, 5.74) is 0.584. The Morgan fingerprint density at radius 2 is 1.93 bits per heavy atom. The van der Waals surface area contributed by atoms with Gasteiger partial charge in [0, 0.05) is 24.8 Å². The zero-order valence-electron chi connectivity index (χ0n) is 16.9. The third kappa shape index (κ3) is 4.54. The van der Waals surface area contributed by atoms with E-state index in [0.717, 1.165) is 32.0 Å². The van der Waals surface area contributed by atoms with Crippen molar-refractivity contribution in [1.82, 2.24) is 5.32 Å². The predicted molar refractivity (Wildman–Crippen MR) is 106 cm³/mol. The number of hydrogen-bond acceptors (Lipinski definition) is 3. The van der Waals surface area contributed by atoms with Gasteiger partial charge in [-0.15, -0.1) is 0 Å². The molecule has 2 aliphatic rings. The highest BCUT2D eigenvalue weighted by atomic mass is 19.1. The number of nitrogens with one attached hydrogen (secondary N) is 1. The molecule has 1 aromatic rings. The summed E-state index contributed by atoms with van der Waals surface area (Å²) in [7, 11) is 0. The Hall–Kier alpha value is -1.40. The van der Waals surface area contributed by atoms with Crippen LogP contribution in [-0.2, 0) is 9.39 Å². The maximum absolute atomic E-state index is 14.9. The molecule has 0 bridgehead atoms. The SMILES string of the molecule is CC1(C)CCCB(c2ccc(C(=O)NC3CCOCC3)cc2F)OC1(C)C. The van der Waals surface area contributed by atoms with Crippen molar-refractivity contribution in [3.63, 3.8) is 0 Å². The van der Waals surface area contributed by atoms with Gasteiger partial charge in [-0.05, 0) is 62.4 Å². The highest BCUT2D eigenvalue weighted by Gasteiger charge is 2.43. The van der Waals surface area contributed by atoms with Gasteiger partial charge in [-0.3, -0.25) is 4.79 Å². The van der Waals surface area contributed by atoms with Crippen molar-refractivity contribution in [3.8, 4) is 0 Å². The van der Waals surface area contributed by atoms with Crippen molar-refractivity contribution < 1.29 is 18.6 Å². The molecule has 3 rings (SSSR count). The van der Waals surface area contributed by atoms with Crippen LogP contribution in [0.15, 0.2) is 18.2 Å². The van der Waals surface area contributed by atoms with E-state index in [4.69, 9.17) is 9.39 Å². The number of ether oxygens (including phenoxy) is 1. The first-order chi connectivity index (χ1) is 12.7. The van der Waals surface area contributed by atoms with E-state index in [-0.39, 0.29) is 35.7 Å². The first kappa shape index (κ1) is 20.3. The van der Waals surface area contributed by atoms with Crippen LogP contribution in [0.1, 0.15) is 63.7 Å². The Bertz CT molecular complexity index is 686. The molecule has 2 aliphatic heterocycles. The number of carbonyl (C=O) groups excluding carboxylic acids is 1. The van der Waals surface area contributed by atoms with E-state index in [1.165, 1.54) is 6.07 Å². The lowest BCUT2D eigenvalue weighted by molar-refractivity contribution is -0.00956. The van der Waals surface area contributed by atoms with E-state index in [0.29, 0.717) is 24.2 Å². The zero-order valence-corrected chi connectivity index (χ0v) is 16.9. The molecule has 27 heavy (non-hydrogen) atoms. The van der Waals surface area contributed by atoms with Crippen LogP contribution in [0, 0.1) is 11.2 Å². The van der Waals surface area contributed by atoms with Gasteiger partial charge < -0.3 is 14.7 Å². The number of carbonyl (C=O) groups is 1. The molecule has 1 aromatic carbocycles. The summed E-state index contributed by atoms with van der Waals surface area (Å²) in [4.78, 5) is 12.4. The first-order valence-electron chi connectivity index (χ1n) is 10.1. The Morgan fingerprint density at radius 1 is 1.22 bits per heavy atom. The summed E-state index contributed by atoms with van der Waals surface area (Å²) in [5, 5.41) is 2.98. The molecule has 0 radical (unpaired) electrons. The molecule has 148 valence electrons. The van der Waals surface area contributed by atoms with Gasteiger partial charge in [-0.25, -0.2) is 4.39 Å². The molecule has 2 heterocycles. The average Bonchev–Trinajstić information content (AvgIpc) is 2.71. The minimum absolute atomic E-state index is 0.0295. The van der Waals surface area contributed by atoms with Crippen LogP contribution >= 0.6 is 0 Å².